The summed E-state index contributed by atoms with van der Waals surface area (Å²) >= 11 is 1.94. The van der Waals surface area contributed by atoms with E-state index in [1.54, 1.807) is 0 Å². The molecule has 5 heavy (non-hydrogen) atoms. The minimum atomic E-state index is 0.708. The third-order valence-electron chi connectivity index (χ3n) is 0.0738. The first kappa shape index (κ1) is 5.43. The van der Waals surface area contributed by atoms with E-state index in [9.17, 15) is 0 Å². The zero-order valence-electron chi connectivity index (χ0n) is 2.17. The molecule has 0 aromatic rings. The Morgan fingerprint density at radius 1 is 1.80 bits per heavy atom. The highest BCUT2D eigenvalue weighted by Gasteiger charge is 1.31. The lowest BCUT2D eigenvalue weighted by Crippen LogP contribution is -1.15. The Bertz CT molecular complexity index is 48.9. The average molecular weight is 200 g/mol. The Kier molecular flexibility index (Phi) is 4.81. The van der Waals surface area contributed by atoms with Gasteiger partial charge in [-0.2, -0.15) is 0 Å². The SMILES string of the molecule is [N-]=NN=PI. The van der Waals surface area contributed by atoms with Crippen molar-refractivity contribution in [2.45, 2.75) is 0 Å². The van der Waals surface area contributed by atoms with Crippen LogP contribution in [0.5, 0.6) is 0 Å². The number of rotatable bonds is 1. The summed E-state index contributed by atoms with van der Waals surface area (Å²) in [7, 11) is 0. The van der Waals surface area contributed by atoms with E-state index < -0.39 is 0 Å². The van der Waals surface area contributed by atoms with E-state index in [4.69, 9.17) is 5.53 Å². The largest absolute Gasteiger partial charge is 0.361 e. The average Bonchev–Trinajstić information content (AvgIpc) is 1.41. The Morgan fingerprint density at radius 2 is 2.40 bits per heavy atom. The lowest BCUT2D eigenvalue weighted by molar-refractivity contribution is 1.26. The molecule has 0 bridgehead atoms. The summed E-state index contributed by atoms with van der Waals surface area (Å²) < 4.78 is 0. The van der Waals surface area contributed by atoms with Gasteiger partial charge in [0.25, 0.3) is 0 Å². The molecule has 0 aromatic heterocycles. The van der Waals surface area contributed by atoms with E-state index in [-0.39, 0.29) is 0 Å². The number of nitrogens with zero attached hydrogens (tertiary/aromatic N) is 3. The molecular formula is IN3P-. The van der Waals surface area contributed by atoms with Gasteiger partial charge in [-0.3, -0.25) is 5.22 Å². The zero-order valence-corrected chi connectivity index (χ0v) is 5.22. The van der Waals surface area contributed by atoms with Crippen LogP contribution in [0.1, 0.15) is 0 Å². The summed E-state index contributed by atoms with van der Waals surface area (Å²) in [6.45, 7) is 0. The molecule has 0 rings (SSSR count). The van der Waals surface area contributed by atoms with Crippen molar-refractivity contribution in [2.24, 2.45) is 10.1 Å². The smallest absolute Gasteiger partial charge is 0.0180 e. The molecule has 0 radical (unpaired) electrons. The van der Waals surface area contributed by atoms with E-state index >= 15 is 0 Å². The molecule has 0 aliphatic rings. The molecule has 3 nitrogen and oxygen atoms in total. The number of halogens is 1. The molecule has 0 amide bonds. The molecule has 0 aliphatic carbocycles. The van der Waals surface area contributed by atoms with Gasteiger partial charge in [0.05, 0.1) is 0 Å². The maximum absolute atomic E-state index is 7.51. The molecule has 0 saturated carbocycles. The van der Waals surface area contributed by atoms with Crippen molar-refractivity contribution in [3.63, 3.8) is 0 Å². The van der Waals surface area contributed by atoms with Crippen molar-refractivity contribution in [1.82, 2.24) is 0 Å². The van der Waals surface area contributed by atoms with E-state index in [1.807, 2.05) is 22.0 Å². The van der Waals surface area contributed by atoms with Crippen LogP contribution in [-0.4, -0.2) is 0 Å². The van der Waals surface area contributed by atoms with Gasteiger partial charge in [0.15, 0.2) is 0 Å². The van der Waals surface area contributed by atoms with Gasteiger partial charge < -0.3 is 10.4 Å². The van der Waals surface area contributed by atoms with Gasteiger partial charge in [-0.1, -0.05) is 0 Å². The lowest BCUT2D eigenvalue weighted by Gasteiger charge is -1.71. The summed E-state index contributed by atoms with van der Waals surface area (Å²) in [4.78, 5) is 3.11. The van der Waals surface area contributed by atoms with Gasteiger partial charge in [-0.15, -0.1) is 0 Å². The topological polar surface area (TPSA) is 47.0 Å². The van der Waals surface area contributed by atoms with Gasteiger partial charge in [-0.05, 0) is 28.1 Å². The number of hydrogen-bond acceptors (Lipinski definition) is 0. The summed E-state index contributed by atoms with van der Waals surface area (Å²) in [6.07, 6.45) is 0. The van der Waals surface area contributed by atoms with Crippen molar-refractivity contribution in [3.8, 4) is 0 Å². The highest BCUT2D eigenvalue weighted by atomic mass is 127. The summed E-state index contributed by atoms with van der Waals surface area (Å²) in [6, 6.07) is 0.708. The molecule has 0 spiro atoms. The fourth-order valence-corrected chi connectivity index (χ4v) is 0.304. The van der Waals surface area contributed by atoms with E-state index in [0.717, 1.165) is 0 Å². The second-order valence-corrected chi connectivity index (χ2v) is 1.88. The standard InChI is InChI=1S/IN3P/c1-5-4-3-2/q-1. The van der Waals surface area contributed by atoms with Crippen LogP contribution in [0.15, 0.2) is 10.1 Å². The Balaban J connectivity index is 2.92. The van der Waals surface area contributed by atoms with Crippen molar-refractivity contribution in [1.29, 1.82) is 0 Å². The third-order valence-corrected chi connectivity index (χ3v) is 0.800. The van der Waals surface area contributed by atoms with E-state index in [0.29, 0.717) is 6.02 Å². The van der Waals surface area contributed by atoms with Crippen LogP contribution in [0.3, 0.4) is 0 Å². The molecule has 0 saturated heterocycles. The minimum Gasteiger partial charge on any atom is -0.361 e. The second-order valence-electron chi connectivity index (χ2n) is 0.254. The van der Waals surface area contributed by atoms with Crippen LogP contribution in [0, 0.1) is 0 Å². The molecule has 0 aliphatic heterocycles. The first-order valence-corrected chi connectivity index (χ1v) is 4.40. The molecule has 0 fully saturated rings. The molecule has 0 aromatic carbocycles. The molecule has 0 heterocycles. The predicted octanol–water partition coefficient (Wildman–Crippen LogP) is 2.40. The maximum atomic E-state index is 7.51. The fraction of sp³-hybridized carbons (Fsp3) is 0. The second kappa shape index (κ2) is 4.43. The summed E-state index contributed by atoms with van der Waals surface area (Å²) in [5, 5.41) is 2.46. The first-order chi connectivity index (χ1) is 2.41. The van der Waals surface area contributed by atoms with Gasteiger partial charge >= 0.3 is 0 Å². The first-order valence-electron chi connectivity index (χ1n) is 0.769. The Morgan fingerprint density at radius 3 is 2.40 bits per heavy atom. The molecule has 0 N–H and O–H groups in total. The zero-order chi connectivity index (χ0) is 4.12. The van der Waals surface area contributed by atoms with Crippen LogP contribution in [0.4, 0.5) is 0 Å². The maximum Gasteiger partial charge on any atom is -0.0180 e. The van der Waals surface area contributed by atoms with Crippen molar-refractivity contribution in [3.05, 3.63) is 5.53 Å². The van der Waals surface area contributed by atoms with E-state index in [2.05, 4.69) is 10.1 Å². The van der Waals surface area contributed by atoms with Crippen LogP contribution >= 0.6 is 28.1 Å². The van der Waals surface area contributed by atoms with Crippen molar-refractivity contribution < 1.29 is 0 Å². The van der Waals surface area contributed by atoms with Crippen molar-refractivity contribution in [2.75, 3.05) is 0 Å². The predicted molar refractivity (Wildman–Crippen MR) is 29.2 cm³/mol. The highest BCUT2D eigenvalue weighted by molar-refractivity contribution is 14.2. The molecular weight excluding hydrogens is 200 g/mol. The van der Waals surface area contributed by atoms with Crippen LogP contribution in [0.25, 0.3) is 5.53 Å². The minimum absolute atomic E-state index is 0.708. The fourth-order valence-electron chi connectivity index (χ4n) is 0.0151. The normalized spacial score (nSPS) is 9.00. The highest BCUT2D eigenvalue weighted by Crippen LogP contribution is 2.09. The number of hydrogen-bond donors (Lipinski definition) is 0. The molecule has 0 atom stereocenters. The van der Waals surface area contributed by atoms with Crippen LogP contribution < -0.4 is 0 Å². The molecule has 0 unspecified atom stereocenters. The van der Waals surface area contributed by atoms with Crippen LogP contribution in [-0.2, 0) is 0 Å². The Labute approximate surface area is 44.0 Å². The molecule has 5 heteroatoms. The third kappa shape index (κ3) is 4.43. The quantitative estimate of drug-likeness (QED) is 0.270. The van der Waals surface area contributed by atoms with Crippen molar-refractivity contribution >= 4 is 28.1 Å². The van der Waals surface area contributed by atoms with Gasteiger partial charge in [0.2, 0.25) is 0 Å². The Hall–Kier alpha value is 0.430. The lowest BCUT2D eigenvalue weighted by atomic mass is 12.8. The van der Waals surface area contributed by atoms with E-state index in [1.165, 1.54) is 0 Å². The van der Waals surface area contributed by atoms with Gasteiger partial charge in [0, 0.05) is 0 Å². The summed E-state index contributed by atoms with van der Waals surface area (Å²) in [5.41, 5.74) is 7.51. The monoisotopic (exact) mass is 200 g/mol. The van der Waals surface area contributed by atoms with Crippen LogP contribution in [0.2, 0.25) is 0 Å². The van der Waals surface area contributed by atoms with Gasteiger partial charge in [-0.25, -0.2) is 0 Å². The van der Waals surface area contributed by atoms with Gasteiger partial charge in [0.1, 0.15) is 0 Å². The molecule has 28 valence electrons. The summed E-state index contributed by atoms with van der Waals surface area (Å²) in [5.74, 6) is 0.